The molecule has 0 amide bonds. The summed E-state index contributed by atoms with van der Waals surface area (Å²) >= 11 is 2.10. The van der Waals surface area contributed by atoms with Crippen LogP contribution < -0.4 is 5.32 Å². The quantitative estimate of drug-likeness (QED) is 0.609. The molecule has 13 heavy (non-hydrogen) atoms. The third-order valence-electron chi connectivity index (χ3n) is 1.98. The lowest BCUT2D eigenvalue weighted by molar-refractivity contribution is 0.572. The van der Waals surface area contributed by atoms with Crippen molar-refractivity contribution in [3.8, 4) is 0 Å². The summed E-state index contributed by atoms with van der Waals surface area (Å²) in [5.74, 6) is 4.31. The molecule has 1 N–H and O–H groups in total. The van der Waals surface area contributed by atoms with E-state index in [1.54, 1.807) is 0 Å². The molecule has 0 fully saturated rings. The van der Waals surface area contributed by atoms with Gasteiger partial charge in [-0.25, -0.2) is 0 Å². The van der Waals surface area contributed by atoms with E-state index >= 15 is 0 Å². The Labute approximate surface area is 88.1 Å². The van der Waals surface area contributed by atoms with Crippen LogP contribution in [0.4, 0.5) is 0 Å². The third kappa shape index (κ3) is 10.2. The normalized spacial score (nSPS) is 13.6. The fourth-order valence-corrected chi connectivity index (χ4v) is 2.38. The number of nitrogens with one attached hydrogen (secondary N) is 1. The van der Waals surface area contributed by atoms with E-state index < -0.39 is 0 Å². The van der Waals surface area contributed by atoms with Crippen molar-refractivity contribution in [1.82, 2.24) is 5.32 Å². The second-order valence-electron chi connectivity index (χ2n) is 4.17. The van der Waals surface area contributed by atoms with Crippen LogP contribution in [0.25, 0.3) is 0 Å². The van der Waals surface area contributed by atoms with Crippen molar-refractivity contribution < 1.29 is 0 Å². The van der Waals surface area contributed by atoms with Crippen molar-refractivity contribution in [2.45, 2.75) is 34.1 Å². The van der Waals surface area contributed by atoms with E-state index in [1.165, 1.54) is 24.5 Å². The van der Waals surface area contributed by atoms with Crippen LogP contribution in [-0.2, 0) is 0 Å². The minimum absolute atomic E-state index is 0.817. The third-order valence-corrected chi connectivity index (χ3v) is 3.31. The number of hydrogen-bond acceptors (Lipinski definition) is 2. The molecule has 1 nitrogen and oxygen atoms in total. The van der Waals surface area contributed by atoms with Gasteiger partial charge < -0.3 is 5.32 Å². The molecule has 1 atom stereocenters. The summed E-state index contributed by atoms with van der Waals surface area (Å²) in [6.07, 6.45) is 1.36. The van der Waals surface area contributed by atoms with Gasteiger partial charge in [0.25, 0.3) is 0 Å². The van der Waals surface area contributed by atoms with Crippen molar-refractivity contribution in [3.05, 3.63) is 0 Å². The highest BCUT2D eigenvalue weighted by Crippen LogP contribution is 2.12. The Morgan fingerprint density at radius 1 is 1.23 bits per heavy atom. The summed E-state index contributed by atoms with van der Waals surface area (Å²) < 4.78 is 0. The van der Waals surface area contributed by atoms with Gasteiger partial charge in [-0.2, -0.15) is 11.8 Å². The topological polar surface area (TPSA) is 12.0 Å². The van der Waals surface area contributed by atoms with Crippen molar-refractivity contribution >= 4 is 11.8 Å². The molecule has 2 heteroatoms. The molecule has 0 radical (unpaired) electrons. The first-order valence-corrected chi connectivity index (χ1v) is 6.60. The maximum absolute atomic E-state index is 3.38. The number of hydrogen-bond donors (Lipinski definition) is 1. The van der Waals surface area contributed by atoms with E-state index in [1.807, 2.05) is 0 Å². The Bertz CT molecular complexity index is 104. The fraction of sp³-hybridized carbons (Fsp3) is 1.00. The van der Waals surface area contributed by atoms with Crippen LogP contribution in [-0.4, -0.2) is 24.6 Å². The maximum atomic E-state index is 3.38. The molecule has 1 unspecified atom stereocenters. The lowest BCUT2D eigenvalue weighted by Gasteiger charge is -2.11. The highest BCUT2D eigenvalue weighted by Gasteiger charge is 2.01. The van der Waals surface area contributed by atoms with Crippen molar-refractivity contribution in [1.29, 1.82) is 0 Å². The SMILES string of the molecule is CCNCC(C)CSCCC(C)C. The van der Waals surface area contributed by atoms with Crippen LogP contribution in [0.15, 0.2) is 0 Å². The van der Waals surface area contributed by atoms with Gasteiger partial charge in [0.05, 0.1) is 0 Å². The van der Waals surface area contributed by atoms with Crippen LogP contribution in [0.2, 0.25) is 0 Å². The second-order valence-corrected chi connectivity index (χ2v) is 5.32. The van der Waals surface area contributed by atoms with Gasteiger partial charge in [-0.3, -0.25) is 0 Å². The lowest BCUT2D eigenvalue weighted by Crippen LogP contribution is -2.22. The molecule has 0 saturated heterocycles. The average molecular weight is 203 g/mol. The summed E-state index contributed by atoms with van der Waals surface area (Å²) in [4.78, 5) is 0. The van der Waals surface area contributed by atoms with E-state index in [4.69, 9.17) is 0 Å². The summed E-state index contributed by atoms with van der Waals surface area (Å²) in [5, 5.41) is 3.38. The van der Waals surface area contributed by atoms with Crippen LogP contribution in [0.5, 0.6) is 0 Å². The molecule has 0 aromatic rings. The monoisotopic (exact) mass is 203 g/mol. The first kappa shape index (κ1) is 13.3. The molecular formula is C11H25NS. The van der Waals surface area contributed by atoms with Crippen LogP contribution in [0.3, 0.4) is 0 Å². The van der Waals surface area contributed by atoms with Crippen LogP contribution in [0.1, 0.15) is 34.1 Å². The van der Waals surface area contributed by atoms with Crippen LogP contribution >= 0.6 is 11.8 Å². The predicted octanol–water partition coefficient (Wildman–Crippen LogP) is 3.01. The zero-order valence-electron chi connectivity index (χ0n) is 9.60. The smallest absolute Gasteiger partial charge is 0.00154 e. The largest absolute Gasteiger partial charge is 0.317 e. The maximum Gasteiger partial charge on any atom is -0.00154 e. The zero-order valence-corrected chi connectivity index (χ0v) is 10.4. The molecular weight excluding hydrogens is 178 g/mol. The summed E-state index contributed by atoms with van der Waals surface area (Å²) in [7, 11) is 0. The van der Waals surface area contributed by atoms with Crippen molar-refractivity contribution in [2.75, 3.05) is 24.6 Å². The first-order valence-electron chi connectivity index (χ1n) is 5.45. The molecule has 0 aromatic heterocycles. The van der Waals surface area contributed by atoms with E-state index in [0.717, 1.165) is 18.4 Å². The molecule has 0 aromatic carbocycles. The Morgan fingerprint density at radius 2 is 1.92 bits per heavy atom. The summed E-state index contributed by atoms with van der Waals surface area (Å²) in [5.41, 5.74) is 0. The second kappa shape index (κ2) is 8.89. The molecule has 0 spiro atoms. The van der Waals surface area contributed by atoms with E-state index in [9.17, 15) is 0 Å². The van der Waals surface area contributed by atoms with E-state index in [-0.39, 0.29) is 0 Å². The van der Waals surface area contributed by atoms with Crippen molar-refractivity contribution in [2.24, 2.45) is 11.8 Å². The average Bonchev–Trinajstić information content (AvgIpc) is 2.08. The Hall–Kier alpha value is 0.310. The molecule has 0 bridgehead atoms. The fourth-order valence-electron chi connectivity index (χ4n) is 1.05. The van der Waals surface area contributed by atoms with Crippen LogP contribution in [0, 0.1) is 11.8 Å². The van der Waals surface area contributed by atoms with Crippen molar-refractivity contribution in [3.63, 3.8) is 0 Å². The zero-order chi connectivity index (χ0) is 10.1. The number of thioether (sulfide) groups is 1. The molecule has 0 rings (SSSR count). The van der Waals surface area contributed by atoms with Gasteiger partial charge in [-0.05, 0) is 42.9 Å². The summed E-state index contributed by atoms with van der Waals surface area (Å²) in [6, 6.07) is 0. The lowest BCUT2D eigenvalue weighted by atomic mass is 10.2. The van der Waals surface area contributed by atoms with Gasteiger partial charge >= 0.3 is 0 Å². The molecule has 0 aliphatic carbocycles. The highest BCUT2D eigenvalue weighted by atomic mass is 32.2. The summed E-state index contributed by atoms with van der Waals surface area (Å²) in [6.45, 7) is 11.3. The van der Waals surface area contributed by atoms with Gasteiger partial charge in [0.2, 0.25) is 0 Å². The minimum Gasteiger partial charge on any atom is -0.317 e. The van der Waals surface area contributed by atoms with Gasteiger partial charge in [0.1, 0.15) is 0 Å². The Morgan fingerprint density at radius 3 is 2.46 bits per heavy atom. The van der Waals surface area contributed by atoms with Gasteiger partial charge in [-0.15, -0.1) is 0 Å². The van der Waals surface area contributed by atoms with E-state index in [2.05, 4.69) is 44.8 Å². The molecule has 0 aliphatic heterocycles. The molecule has 0 aliphatic rings. The predicted molar refractivity (Wildman–Crippen MR) is 64.5 cm³/mol. The van der Waals surface area contributed by atoms with Gasteiger partial charge in [0.15, 0.2) is 0 Å². The highest BCUT2D eigenvalue weighted by molar-refractivity contribution is 7.99. The Kier molecular flexibility index (Phi) is 9.10. The Balaban J connectivity index is 3.12. The molecule has 80 valence electrons. The standard InChI is InChI=1S/C11H25NS/c1-5-12-8-11(4)9-13-7-6-10(2)3/h10-12H,5-9H2,1-4H3. The minimum atomic E-state index is 0.817. The molecule has 0 saturated carbocycles. The molecule has 0 heterocycles. The number of rotatable bonds is 8. The van der Waals surface area contributed by atoms with Gasteiger partial charge in [-0.1, -0.05) is 27.7 Å². The van der Waals surface area contributed by atoms with E-state index in [0.29, 0.717) is 0 Å². The van der Waals surface area contributed by atoms with Gasteiger partial charge in [0, 0.05) is 0 Å². The first-order chi connectivity index (χ1) is 6.16.